The van der Waals surface area contributed by atoms with Crippen LogP contribution >= 0.6 is 11.6 Å². The van der Waals surface area contributed by atoms with Crippen molar-refractivity contribution in [2.24, 2.45) is 5.92 Å². The molecule has 0 radical (unpaired) electrons. The monoisotopic (exact) mass is 596 g/mol. The van der Waals surface area contributed by atoms with E-state index < -0.39 is 0 Å². The number of nitrogens with one attached hydrogen (secondary N) is 1. The van der Waals surface area contributed by atoms with E-state index >= 15 is 0 Å². The van der Waals surface area contributed by atoms with Crippen molar-refractivity contribution in [3.8, 4) is 22.4 Å². The molecule has 4 aromatic rings. The van der Waals surface area contributed by atoms with Gasteiger partial charge >= 0.3 is 6.03 Å². The number of halogens is 1. The normalized spacial score (nSPS) is 13.8. The molecule has 3 aromatic carbocycles. The molecular formula is C34H37ClN6O2. The van der Waals surface area contributed by atoms with Gasteiger partial charge < -0.3 is 20.0 Å². The first-order valence-corrected chi connectivity index (χ1v) is 15.1. The van der Waals surface area contributed by atoms with E-state index in [4.69, 9.17) is 11.6 Å². The molecule has 43 heavy (non-hydrogen) atoms. The van der Waals surface area contributed by atoms with E-state index in [2.05, 4.69) is 70.7 Å². The highest BCUT2D eigenvalue weighted by Gasteiger charge is 2.26. The number of piperazine rings is 1. The smallest absolute Gasteiger partial charge is 0.322 e. The molecule has 1 fully saturated rings. The lowest BCUT2D eigenvalue weighted by molar-refractivity contribution is -0.132. The Hall–Kier alpha value is -4.43. The molecule has 0 aliphatic carbocycles. The quantitative estimate of drug-likeness (QED) is 0.233. The van der Waals surface area contributed by atoms with Crippen molar-refractivity contribution in [1.82, 2.24) is 20.0 Å². The molecule has 1 aliphatic rings. The minimum absolute atomic E-state index is 0.0221. The third-order valence-electron chi connectivity index (χ3n) is 7.81. The fourth-order valence-corrected chi connectivity index (χ4v) is 5.24. The van der Waals surface area contributed by atoms with Crippen LogP contribution in [0.2, 0.25) is 5.02 Å². The number of carbonyl (C=O) groups excluding carboxylic acids is 2. The zero-order valence-electron chi connectivity index (χ0n) is 24.6. The van der Waals surface area contributed by atoms with E-state index in [-0.39, 0.29) is 24.4 Å². The summed E-state index contributed by atoms with van der Waals surface area (Å²) >= 11 is 6.08. The molecule has 2 heterocycles. The molecule has 0 bridgehead atoms. The van der Waals surface area contributed by atoms with E-state index in [9.17, 15) is 9.59 Å². The number of rotatable bonds is 9. The predicted octanol–water partition coefficient (Wildman–Crippen LogP) is 6.69. The zero-order valence-corrected chi connectivity index (χ0v) is 25.4. The summed E-state index contributed by atoms with van der Waals surface area (Å²) in [7, 11) is 0. The predicted molar refractivity (Wildman–Crippen MR) is 173 cm³/mol. The summed E-state index contributed by atoms with van der Waals surface area (Å²) in [5, 5.41) is 12.4. The molecule has 1 saturated heterocycles. The van der Waals surface area contributed by atoms with Crippen LogP contribution in [0.3, 0.4) is 0 Å². The third-order valence-corrected chi connectivity index (χ3v) is 8.05. The van der Waals surface area contributed by atoms with Crippen molar-refractivity contribution >= 4 is 35.0 Å². The van der Waals surface area contributed by atoms with Crippen LogP contribution in [0.5, 0.6) is 0 Å². The van der Waals surface area contributed by atoms with Crippen LogP contribution in [0.25, 0.3) is 22.4 Å². The molecule has 1 N–H and O–H groups in total. The highest BCUT2D eigenvalue weighted by atomic mass is 35.5. The highest BCUT2D eigenvalue weighted by Crippen LogP contribution is 2.24. The Kier molecular flexibility index (Phi) is 9.89. The molecule has 8 nitrogen and oxygen atoms in total. The van der Waals surface area contributed by atoms with Crippen LogP contribution in [0.1, 0.15) is 20.3 Å². The van der Waals surface area contributed by atoms with Crippen molar-refractivity contribution in [2.45, 2.75) is 20.3 Å². The average Bonchev–Trinajstić information content (AvgIpc) is 3.05. The number of hydrogen-bond donors (Lipinski definition) is 1. The second-order valence-corrected chi connectivity index (χ2v) is 11.4. The van der Waals surface area contributed by atoms with Gasteiger partial charge in [-0.2, -0.15) is 0 Å². The molecule has 0 spiro atoms. The summed E-state index contributed by atoms with van der Waals surface area (Å²) in [6.45, 7) is 7.06. The van der Waals surface area contributed by atoms with Crippen molar-refractivity contribution in [1.29, 1.82) is 0 Å². The molecule has 0 saturated carbocycles. The molecule has 1 aliphatic heterocycles. The van der Waals surface area contributed by atoms with E-state index in [1.54, 1.807) is 29.2 Å². The molecule has 1 atom stereocenters. The second-order valence-electron chi connectivity index (χ2n) is 10.9. The van der Waals surface area contributed by atoms with Gasteiger partial charge in [-0.3, -0.25) is 4.79 Å². The van der Waals surface area contributed by atoms with Crippen LogP contribution in [-0.2, 0) is 4.79 Å². The number of anilines is 2. The fraction of sp³-hybridized carbons (Fsp3) is 0.294. The number of aromatic nitrogens is 2. The topological polar surface area (TPSA) is 81.7 Å². The van der Waals surface area contributed by atoms with Crippen LogP contribution in [-0.4, -0.2) is 71.2 Å². The summed E-state index contributed by atoms with van der Waals surface area (Å²) in [6.07, 6.45) is 0.909. The SMILES string of the molecule is CCC(C)CN(CC(=O)N1CCN(c2ccc(-c3ccc(-c4ccccc4)cc3)nn2)CC1)C(=O)Nc1cccc(Cl)c1. The maximum absolute atomic E-state index is 13.3. The van der Waals surface area contributed by atoms with Crippen LogP contribution in [0, 0.1) is 5.92 Å². The number of nitrogens with zero attached hydrogens (tertiary/aromatic N) is 5. The van der Waals surface area contributed by atoms with Gasteiger partial charge in [-0.15, -0.1) is 10.2 Å². The van der Waals surface area contributed by atoms with Crippen LogP contribution in [0.15, 0.2) is 91.0 Å². The summed E-state index contributed by atoms with van der Waals surface area (Å²) in [5.74, 6) is 0.985. The lowest BCUT2D eigenvalue weighted by atomic mass is 10.0. The highest BCUT2D eigenvalue weighted by molar-refractivity contribution is 6.30. The molecule has 3 amide bonds. The zero-order chi connectivity index (χ0) is 30.2. The van der Waals surface area contributed by atoms with Crippen molar-refractivity contribution in [2.75, 3.05) is 49.5 Å². The van der Waals surface area contributed by atoms with Gasteiger partial charge in [-0.25, -0.2) is 4.79 Å². The number of urea groups is 1. The summed E-state index contributed by atoms with van der Waals surface area (Å²) in [4.78, 5) is 32.0. The van der Waals surface area contributed by atoms with E-state index in [1.807, 2.05) is 35.2 Å². The lowest BCUT2D eigenvalue weighted by Crippen LogP contribution is -2.52. The van der Waals surface area contributed by atoms with Crippen LogP contribution in [0.4, 0.5) is 16.3 Å². The van der Waals surface area contributed by atoms with Gasteiger partial charge in [0.15, 0.2) is 5.82 Å². The summed E-state index contributed by atoms with van der Waals surface area (Å²) in [5.41, 5.74) is 4.76. The molecular weight excluding hydrogens is 560 g/mol. The molecule has 5 rings (SSSR count). The van der Waals surface area contributed by atoms with Crippen molar-refractivity contribution in [3.63, 3.8) is 0 Å². The minimum Gasteiger partial charge on any atom is -0.352 e. The van der Waals surface area contributed by atoms with Gasteiger partial charge in [-0.1, -0.05) is 92.5 Å². The molecule has 222 valence electrons. The van der Waals surface area contributed by atoms with E-state index in [0.717, 1.165) is 29.1 Å². The second kappa shape index (κ2) is 14.2. The Bertz CT molecular complexity index is 1510. The molecule has 9 heteroatoms. The number of hydrogen-bond acceptors (Lipinski definition) is 5. The van der Waals surface area contributed by atoms with Gasteiger partial charge in [0.25, 0.3) is 0 Å². The summed E-state index contributed by atoms with van der Waals surface area (Å²) < 4.78 is 0. The summed E-state index contributed by atoms with van der Waals surface area (Å²) in [6, 6.07) is 29.3. The first-order chi connectivity index (χ1) is 20.9. The van der Waals surface area contributed by atoms with Crippen molar-refractivity contribution in [3.05, 3.63) is 96.0 Å². The Morgan fingerprint density at radius 3 is 2.21 bits per heavy atom. The Balaban J connectivity index is 1.16. The first-order valence-electron chi connectivity index (χ1n) is 14.7. The fourth-order valence-electron chi connectivity index (χ4n) is 5.05. The Morgan fingerprint density at radius 2 is 1.56 bits per heavy atom. The number of benzene rings is 3. The van der Waals surface area contributed by atoms with Gasteiger partial charge in [0.1, 0.15) is 6.54 Å². The van der Waals surface area contributed by atoms with Gasteiger partial charge in [-0.05, 0) is 47.4 Å². The van der Waals surface area contributed by atoms with Gasteiger partial charge in [0.2, 0.25) is 5.91 Å². The Labute approximate surface area is 258 Å². The standard InChI is InChI=1S/C34H37ClN6O2/c1-3-25(2)23-41(34(43)36-30-11-7-10-29(35)22-30)24-33(42)40-20-18-39(19-21-40)32-17-16-31(37-38-32)28-14-12-27(13-15-28)26-8-5-4-6-9-26/h4-17,22,25H,3,18-21,23-24H2,1-2H3,(H,36,43). The van der Waals surface area contributed by atoms with E-state index in [1.165, 1.54) is 5.56 Å². The van der Waals surface area contributed by atoms with Crippen LogP contribution < -0.4 is 10.2 Å². The molecule has 1 aromatic heterocycles. The molecule has 1 unspecified atom stereocenters. The maximum atomic E-state index is 13.3. The Morgan fingerprint density at radius 1 is 0.860 bits per heavy atom. The first kappa shape index (κ1) is 30.0. The maximum Gasteiger partial charge on any atom is 0.322 e. The average molecular weight is 597 g/mol. The van der Waals surface area contributed by atoms with E-state index in [0.29, 0.717) is 43.4 Å². The van der Waals surface area contributed by atoms with Gasteiger partial charge in [0.05, 0.1) is 5.69 Å². The number of amides is 3. The van der Waals surface area contributed by atoms with Crippen molar-refractivity contribution < 1.29 is 9.59 Å². The lowest BCUT2D eigenvalue weighted by Gasteiger charge is -2.36. The van der Waals surface area contributed by atoms with Gasteiger partial charge in [0, 0.05) is 49.0 Å². The third kappa shape index (κ3) is 7.90. The number of carbonyl (C=O) groups is 2. The largest absolute Gasteiger partial charge is 0.352 e. The minimum atomic E-state index is -0.306.